The number of para-hydroxylation sites is 1. The predicted molar refractivity (Wildman–Crippen MR) is 78.3 cm³/mol. The molecule has 1 aromatic carbocycles. The van der Waals surface area contributed by atoms with Crippen LogP contribution in [0.15, 0.2) is 35.3 Å². The molecule has 2 rings (SSSR count). The molecule has 0 spiro atoms. The van der Waals surface area contributed by atoms with E-state index < -0.39 is 0 Å². The molecule has 2 aromatic rings. The highest BCUT2D eigenvalue weighted by Gasteiger charge is 2.05. The van der Waals surface area contributed by atoms with Crippen molar-refractivity contribution in [2.24, 2.45) is 5.92 Å². The monoisotopic (exact) mass is 262 g/mol. The number of rotatable bonds is 5. The van der Waals surface area contributed by atoms with Gasteiger partial charge in [-0.2, -0.15) is 17.7 Å². The lowest BCUT2D eigenvalue weighted by Crippen LogP contribution is -2.13. The van der Waals surface area contributed by atoms with Crippen LogP contribution in [-0.2, 0) is 6.54 Å². The van der Waals surface area contributed by atoms with Crippen molar-refractivity contribution in [3.05, 3.63) is 40.7 Å². The summed E-state index contributed by atoms with van der Waals surface area (Å²) < 4.78 is 1.92. The molecule has 0 saturated heterocycles. The highest BCUT2D eigenvalue weighted by molar-refractivity contribution is 7.80. The van der Waals surface area contributed by atoms with Gasteiger partial charge in [-0.05, 0) is 36.6 Å². The van der Waals surface area contributed by atoms with E-state index in [9.17, 15) is 4.79 Å². The van der Waals surface area contributed by atoms with Gasteiger partial charge in [0.25, 0.3) is 0 Å². The summed E-state index contributed by atoms with van der Waals surface area (Å²) in [5.74, 6) is 1.54. The van der Waals surface area contributed by atoms with Crippen molar-refractivity contribution >= 4 is 23.5 Å². The van der Waals surface area contributed by atoms with Gasteiger partial charge >= 0.3 is 0 Å². The van der Waals surface area contributed by atoms with E-state index in [2.05, 4.69) is 24.7 Å². The Kier molecular flexibility index (Phi) is 4.42. The Hall–Kier alpha value is -1.29. The van der Waals surface area contributed by atoms with Crippen molar-refractivity contribution in [3.8, 4) is 0 Å². The molecule has 0 aliphatic heterocycles. The summed E-state index contributed by atoms with van der Waals surface area (Å²) >= 11 is 4.25. The molecule has 0 aliphatic rings. The average molecular weight is 262 g/mol. The van der Waals surface area contributed by atoms with Crippen LogP contribution in [0.25, 0.3) is 10.9 Å². The fourth-order valence-electron chi connectivity index (χ4n) is 2.05. The highest BCUT2D eigenvalue weighted by atomic mass is 32.1. The Labute approximate surface area is 112 Å². The van der Waals surface area contributed by atoms with Gasteiger partial charge in [0.2, 0.25) is 5.43 Å². The van der Waals surface area contributed by atoms with Gasteiger partial charge in [-0.25, -0.2) is 0 Å². The number of nitrogens with zero attached hydrogens (tertiary/aromatic N) is 2. The van der Waals surface area contributed by atoms with Crippen LogP contribution in [0.3, 0.4) is 0 Å². The van der Waals surface area contributed by atoms with Crippen molar-refractivity contribution in [1.29, 1.82) is 0 Å². The number of hydrogen-bond donors (Lipinski definition) is 1. The first-order chi connectivity index (χ1) is 8.72. The van der Waals surface area contributed by atoms with Crippen molar-refractivity contribution in [2.45, 2.75) is 26.3 Å². The molecule has 0 radical (unpaired) electrons. The second kappa shape index (κ2) is 6.05. The van der Waals surface area contributed by atoms with Gasteiger partial charge in [-0.1, -0.05) is 19.1 Å². The van der Waals surface area contributed by atoms with Crippen LogP contribution in [0.1, 0.15) is 19.8 Å². The number of aryl methyl sites for hydroxylation is 1. The molecule has 0 bridgehead atoms. The van der Waals surface area contributed by atoms with Gasteiger partial charge in [0, 0.05) is 11.9 Å². The summed E-state index contributed by atoms with van der Waals surface area (Å²) in [6.07, 6.45) is 3.58. The second-order valence-electron chi connectivity index (χ2n) is 4.66. The maximum Gasteiger partial charge on any atom is 0.207 e. The quantitative estimate of drug-likeness (QED) is 0.841. The van der Waals surface area contributed by atoms with Crippen LogP contribution in [0.4, 0.5) is 0 Å². The summed E-state index contributed by atoms with van der Waals surface area (Å²) in [4.78, 5) is 11.7. The summed E-state index contributed by atoms with van der Waals surface area (Å²) in [5.41, 5.74) is 0.910. The smallest absolute Gasteiger partial charge is 0.207 e. The molecule has 1 atom stereocenters. The topological polar surface area (TPSA) is 34.9 Å². The molecule has 1 unspecified atom stereocenters. The van der Waals surface area contributed by atoms with Crippen LogP contribution in [0.5, 0.6) is 0 Å². The number of thiol groups is 1. The second-order valence-corrected chi connectivity index (χ2v) is 5.10. The molecular weight excluding hydrogens is 244 g/mol. The molecule has 0 saturated carbocycles. The van der Waals surface area contributed by atoms with Gasteiger partial charge < -0.3 is 0 Å². The zero-order valence-electron chi connectivity index (χ0n) is 10.5. The predicted octanol–water partition coefficient (Wildman–Crippen LogP) is 2.74. The lowest BCUT2D eigenvalue weighted by Gasteiger charge is -2.12. The summed E-state index contributed by atoms with van der Waals surface area (Å²) in [7, 11) is 0. The standard InChI is InChI=1S/C14H18N2OS/c1-11(7-9-18)6-8-16-13-5-3-2-4-12(13)14(17)10-15-16/h2-5,10-11,18H,6-9H2,1H3. The largest absolute Gasteiger partial charge is 0.287 e. The molecular formula is C14H18N2OS. The Morgan fingerprint density at radius 3 is 2.89 bits per heavy atom. The maximum atomic E-state index is 11.7. The SMILES string of the molecule is CC(CCS)CCn1ncc(=O)c2ccccc21. The third kappa shape index (κ3) is 2.93. The molecule has 0 aliphatic carbocycles. The number of benzene rings is 1. The number of fused-ring (bicyclic) bond motifs is 1. The van der Waals surface area contributed by atoms with E-state index in [1.165, 1.54) is 6.20 Å². The minimum Gasteiger partial charge on any atom is -0.287 e. The van der Waals surface area contributed by atoms with Gasteiger partial charge in [0.15, 0.2) is 0 Å². The maximum absolute atomic E-state index is 11.7. The molecule has 0 amide bonds. The fourth-order valence-corrected chi connectivity index (χ4v) is 2.49. The Balaban J connectivity index is 2.24. The molecule has 4 heteroatoms. The zero-order valence-corrected chi connectivity index (χ0v) is 11.4. The molecule has 1 aromatic heterocycles. The molecule has 96 valence electrons. The van der Waals surface area contributed by atoms with Crippen molar-refractivity contribution in [3.63, 3.8) is 0 Å². The van der Waals surface area contributed by atoms with Gasteiger partial charge in [0.1, 0.15) is 0 Å². The van der Waals surface area contributed by atoms with Crippen LogP contribution >= 0.6 is 12.6 Å². The number of hydrogen-bond acceptors (Lipinski definition) is 3. The first-order valence-electron chi connectivity index (χ1n) is 6.28. The first kappa shape index (κ1) is 13.1. The zero-order chi connectivity index (χ0) is 13.0. The van der Waals surface area contributed by atoms with Gasteiger partial charge in [-0.15, -0.1) is 0 Å². The first-order valence-corrected chi connectivity index (χ1v) is 6.91. The summed E-state index contributed by atoms with van der Waals surface area (Å²) in [5, 5.41) is 4.97. The van der Waals surface area contributed by atoms with Crippen LogP contribution in [-0.4, -0.2) is 15.5 Å². The van der Waals surface area contributed by atoms with Crippen molar-refractivity contribution in [1.82, 2.24) is 9.78 Å². The molecule has 0 N–H and O–H groups in total. The average Bonchev–Trinajstić information content (AvgIpc) is 2.39. The van der Waals surface area contributed by atoms with Crippen LogP contribution < -0.4 is 5.43 Å². The summed E-state index contributed by atoms with van der Waals surface area (Å²) in [6.45, 7) is 3.07. The van der Waals surface area contributed by atoms with Crippen LogP contribution in [0.2, 0.25) is 0 Å². The van der Waals surface area contributed by atoms with E-state index in [0.29, 0.717) is 5.92 Å². The molecule has 3 nitrogen and oxygen atoms in total. The Bertz CT molecular complexity index is 579. The lowest BCUT2D eigenvalue weighted by atomic mass is 10.1. The molecule has 1 heterocycles. The minimum absolute atomic E-state index is 0.00902. The number of aromatic nitrogens is 2. The lowest BCUT2D eigenvalue weighted by molar-refractivity contribution is 0.455. The third-order valence-electron chi connectivity index (χ3n) is 3.22. The molecule has 18 heavy (non-hydrogen) atoms. The Morgan fingerprint density at radius 1 is 1.33 bits per heavy atom. The van der Waals surface area contributed by atoms with E-state index in [0.717, 1.165) is 36.0 Å². The minimum atomic E-state index is -0.00902. The van der Waals surface area contributed by atoms with Gasteiger partial charge in [0.05, 0.1) is 11.7 Å². The van der Waals surface area contributed by atoms with E-state index >= 15 is 0 Å². The molecule has 0 fully saturated rings. The van der Waals surface area contributed by atoms with Crippen LogP contribution in [0, 0.1) is 5.92 Å². The van der Waals surface area contributed by atoms with Crippen molar-refractivity contribution in [2.75, 3.05) is 5.75 Å². The highest BCUT2D eigenvalue weighted by Crippen LogP contribution is 2.13. The summed E-state index contributed by atoms with van der Waals surface area (Å²) in [6, 6.07) is 7.63. The normalized spacial score (nSPS) is 12.8. The van der Waals surface area contributed by atoms with Crippen molar-refractivity contribution < 1.29 is 0 Å². The fraction of sp³-hybridized carbons (Fsp3) is 0.429. The third-order valence-corrected chi connectivity index (χ3v) is 3.48. The van der Waals surface area contributed by atoms with E-state index in [1.54, 1.807) is 0 Å². The van der Waals surface area contributed by atoms with E-state index in [-0.39, 0.29) is 5.43 Å². The Morgan fingerprint density at radius 2 is 2.11 bits per heavy atom. The van der Waals surface area contributed by atoms with E-state index in [1.807, 2.05) is 28.9 Å². The van der Waals surface area contributed by atoms with E-state index in [4.69, 9.17) is 0 Å². The van der Waals surface area contributed by atoms with Gasteiger partial charge in [-0.3, -0.25) is 9.48 Å².